The number of Topliss-reactive ketones (excluding diaryl/α,β-unsaturated/α-hetero) is 1. The molecule has 0 radical (unpaired) electrons. The Hall–Kier alpha value is -3.15. The number of hydrogen-bond acceptors (Lipinski definition) is 6. The Morgan fingerprint density at radius 1 is 1.14 bits per heavy atom. The van der Waals surface area contributed by atoms with E-state index in [1.165, 1.54) is 0 Å². The number of fused-ring (bicyclic) bond motifs is 1. The molecule has 0 atom stereocenters. The Bertz CT molecular complexity index is 933. The lowest BCUT2D eigenvalue weighted by Gasteiger charge is -2.20. The van der Waals surface area contributed by atoms with E-state index < -0.39 is 0 Å². The Morgan fingerprint density at radius 3 is 2.45 bits per heavy atom. The molecular weight excluding hydrogens is 370 g/mol. The molecule has 0 aliphatic carbocycles. The van der Waals surface area contributed by atoms with Gasteiger partial charge in [0.1, 0.15) is 24.7 Å². The molecule has 6 nitrogen and oxygen atoms in total. The molecule has 1 aliphatic rings. The molecule has 0 aromatic heterocycles. The van der Waals surface area contributed by atoms with Gasteiger partial charge in [-0.1, -0.05) is 13.8 Å². The van der Waals surface area contributed by atoms with E-state index in [2.05, 4.69) is 0 Å². The van der Waals surface area contributed by atoms with Gasteiger partial charge in [0.25, 0.3) is 0 Å². The summed E-state index contributed by atoms with van der Waals surface area (Å²) >= 11 is 0. The minimum atomic E-state index is -0.0853. The minimum Gasteiger partial charge on any atom is -0.496 e. The summed E-state index contributed by atoms with van der Waals surface area (Å²) in [5, 5.41) is 0. The molecule has 0 amide bonds. The van der Waals surface area contributed by atoms with Crippen LogP contribution in [0.4, 0.5) is 5.69 Å². The lowest BCUT2D eigenvalue weighted by molar-refractivity contribution is 0.102. The van der Waals surface area contributed by atoms with Crippen molar-refractivity contribution in [1.82, 2.24) is 0 Å². The van der Waals surface area contributed by atoms with E-state index in [1.54, 1.807) is 31.4 Å². The molecule has 0 unspecified atom stereocenters. The number of allylic oxidation sites excluding steroid dienone is 1. The second kappa shape index (κ2) is 8.90. The Labute approximate surface area is 171 Å². The highest BCUT2D eigenvalue weighted by molar-refractivity contribution is 6.12. The fourth-order valence-corrected chi connectivity index (χ4v) is 3.16. The first-order valence-electron chi connectivity index (χ1n) is 9.70. The lowest BCUT2D eigenvalue weighted by atomic mass is 9.92. The average molecular weight is 397 g/mol. The first kappa shape index (κ1) is 20.6. The van der Waals surface area contributed by atoms with Crippen LogP contribution in [0.3, 0.4) is 0 Å². The molecule has 6 heteroatoms. The zero-order valence-corrected chi connectivity index (χ0v) is 17.3. The van der Waals surface area contributed by atoms with Gasteiger partial charge in [0.2, 0.25) is 0 Å². The molecule has 0 fully saturated rings. The van der Waals surface area contributed by atoms with Crippen molar-refractivity contribution in [2.75, 3.05) is 32.7 Å². The molecule has 3 rings (SSSR count). The van der Waals surface area contributed by atoms with Crippen LogP contribution in [0.1, 0.15) is 36.7 Å². The monoisotopic (exact) mass is 397 g/mol. The number of nitrogen functional groups attached to an aromatic ring is 1. The van der Waals surface area contributed by atoms with Gasteiger partial charge in [-0.25, -0.2) is 0 Å². The maximum absolute atomic E-state index is 13.3. The zero-order valence-electron chi connectivity index (χ0n) is 17.3. The summed E-state index contributed by atoms with van der Waals surface area (Å²) < 4.78 is 22.4. The molecule has 0 bridgehead atoms. The van der Waals surface area contributed by atoms with E-state index in [9.17, 15) is 4.79 Å². The fourth-order valence-electron chi connectivity index (χ4n) is 3.16. The molecule has 0 spiro atoms. The summed E-state index contributed by atoms with van der Waals surface area (Å²) in [5.74, 6) is 2.32. The number of rotatable bonds is 7. The van der Waals surface area contributed by atoms with Crippen LogP contribution >= 0.6 is 0 Å². The third kappa shape index (κ3) is 4.47. The SMILES string of the molecule is CCOc1cc(C(=O)/C(=C/c2cc3c(cc2OC)OCCO3)C(C)C)ccc1N. The molecule has 2 N–H and O–H groups in total. The third-order valence-corrected chi connectivity index (χ3v) is 4.67. The highest BCUT2D eigenvalue weighted by atomic mass is 16.6. The molecular formula is C23H27NO5. The number of carbonyl (C=O) groups is 1. The van der Waals surface area contributed by atoms with Crippen LogP contribution in [-0.2, 0) is 0 Å². The van der Waals surface area contributed by atoms with Crippen molar-refractivity contribution in [3.63, 3.8) is 0 Å². The maximum atomic E-state index is 13.3. The van der Waals surface area contributed by atoms with Crippen LogP contribution in [0.15, 0.2) is 35.9 Å². The summed E-state index contributed by atoms with van der Waals surface area (Å²) in [6.07, 6.45) is 1.85. The summed E-state index contributed by atoms with van der Waals surface area (Å²) in [7, 11) is 1.59. The Balaban J connectivity index is 2.03. The van der Waals surface area contributed by atoms with Gasteiger partial charge in [0, 0.05) is 22.8 Å². The summed E-state index contributed by atoms with van der Waals surface area (Å²) in [6.45, 7) is 7.30. The predicted molar refractivity (Wildman–Crippen MR) is 113 cm³/mol. The van der Waals surface area contributed by atoms with Gasteiger partial charge in [-0.15, -0.1) is 0 Å². The first-order chi connectivity index (χ1) is 13.9. The molecule has 154 valence electrons. The van der Waals surface area contributed by atoms with Gasteiger partial charge in [0.05, 0.1) is 19.4 Å². The predicted octanol–water partition coefficient (Wildman–Crippen LogP) is 4.37. The lowest BCUT2D eigenvalue weighted by Crippen LogP contribution is -2.15. The Kier molecular flexibility index (Phi) is 6.32. The minimum absolute atomic E-state index is 0.00602. The number of methoxy groups -OCH3 is 1. The number of benzene rings is 2. The van der Waals surface area contributed by atoms with E-state index in [0.717, 1.165) is 5.56 Å². The van der Waals surface area contributed by atoms with Gasteiger partial charge in [-0.05, 0) is 43.2 Å². The molecule has 0 saturated heterocycles. The summed E-state index contributed by atoms with van der Waals surface area (Å²) in [6, 6.07) is 8.74. The molecule has 2 aromatic rings. The van der Waals surface area contributed by atoms with E-state index >= 15 is 0 Å². The largest absolute Gasteiger partial charge is 0.496 e. The van der Waals surface area contributed by atoms with Crippen LogP contribution in [0.2, 0.25) is 0 Å². The van der Waals surface area contributed by atoms with Crippen molar-refractivity contribution in [3.8, 4) is 23.0 Å². The van der Waals surface area contributed by atoms with Gasteiger partial charge < -0.3 is 24.7 Å². The molecule has 29 heavy (non-hydrogen) atoms. The smallest absolute Gasteiger partial charge is 0.189 e. The van der Waals surface area contributed by atoms with Crippen LogP contribution in [0.25, 0.3) is 6.08 Å². The zero-order chi connectivity index (χ0) is 21.0. The number of hydrogen-bond donors (Lipinski definition) is 1. The van der Waals surface area contributed by atoms with Crippen molar-refractivity contribution in [2.45, 2.75) is 20.8 Å². The Morgan fingerprint density at radius 2 is 1.83 bits per heavy atom. The maximum Gasteiger partial charge on any atom is 0.189 e. The van der Waals surface area contributed by atoms with Crippen LogP contribution in [0.5, 0.6) is 23.0 Å². The van der Waals surface area contributed by atoms with E-state index in [4.69, 9.17) is 24.7 Å². The number of ketones is 1. The van der Waals surface area contributed by atoms with Crippen molar-refractivity contribution < 1.29 is 23.7 Å². The van der Waals surface area contributed by atoms with Gasteiger partial charge in [-0.2, -0.15) is 0 Å². The molecule has 1 aliphatic heterocycles. The molecule has 2 aromatic carbocycles. The van der Waals surface area contributed by atoms with Crippen LogP contribution in [0, 0.1) is 5.92 Å². The highest BCUT2D eigenvalue weighted by Crippen LogP contribution is 2.38. The van der Waals surface area contributed by atoms with Crippen molar-refractivity contribution in [3.05, 3.63) is 47.0 Å². The topological polar surface area (TPSA) is 80.0 Å². The number of nitrogens with two attached hydrogens (primary N) is 1. The van der Waals surface area contributed by atoms with E-state index in [-0.39, 0.29) is 11.7 Å². The quantitative estimate of drug-likeness (QED) is 0.425. The van der Waals surface area contributed by atoms with Gasteiger partial charge in [-0.3, -0.25) is 4.79 Å². The number of anilines is 1. The second-order valence-corrected chi connectivity index (χ2v) is 7.01. The fraction of sp³-hybridized carbons (Fsp3) is 0.348. The first-order valence-corrected chi connectivity index (χ1v) is 9.70. The third-order valence-electron chi connectivity index (χ3n) is 4.67. The van der Waals surface area contributed by atoms with E-state index in [0.29, 0.717) is 59.6 Å². The second-order valence-electron chi connectivity index (χ2n) is 7.01. The highest BCUT2D eigenvalue weighted by Gasteiger charge is 2.20. The average Bonchev–Trinajstić information content (AvgIpc) is 2.72. The normalized spacial score (nSPS) is 13.3. The standard InChI is InChI=1S/C23H27NO5/c1-5-27-20-11-15(6-7-18(20)24)23(25)17(14(2)3)10-16-12-21-22(13-19(16)26-4)29-9-8-28-21/h6-7,10-14H,5,8-9,24H2,1-4H3/b17-10+. The molecule has 1 heterocycles. The number of carbonyl (C=O) groups excluding carboxylic acids is 1. The van der Waals surface area contributed by atoms with E-state index in [1.807, 2.05) is 32.9 Å². The molecule has 0 saturated carbocycles. The van der Waals surface area contributed by atoms with Crippen LogP contribution in [-0.4, -0.2) is 32.7 Å². The van der Waals surface area contributed by atoms with Crippen molar-refractivity contribution in [2.24, 2.45) is 5.92 Å². The van der Waals surface area contributed by atoms with Crippen molar-refractivity contribution >= 4 is 17.5 Å². The van der Waals surface area contributed by atoms with Crippen molar-refractivity contribution in [1.29, 1.82) is 0 Å². The van der Waals surface area contributed by atoms with Gasteiger partial charge in [0.15, 0.2) is 17.3 Å². The van der Waals surface area contributed by atoms with Gasteiger partial charge >= 0.3 is 0 Å². The van der Waals surface area contributed by atoms with Crippen LogP contribution < -0.4 is 24.7 Å². The number of ether oxygens (including phenoxy) is 4. The summed E-state index contributed by atoms with van der Waals surface area (Å²) in [4.78, 5) is 13.3. The summed E-state index contributed by atoms with van der Waals surface area (Å²) in [5.41, 5.74) is 8.38.